The molecule has 23 heavy (non-hydrogen) atoms. The van der Waals surface area contributed by atoms with E-state index in [2.05, 4.69) is 55.3 Å². The maximum Gasteiger partial charge on any atom is 0.133 e. The number of aldehydes is 1. The number of aryl methyl sites for hydroxylation is 1. The summed E-state index contributed by atoms with van der Waals surface area (Å²) < 4.78 is 5.52. The summed E-state index contributed by atoms with van der Waals surface area (Å²) in [5, 5.41) is 0. The van der Waals surface area contributed by atoms with Gasteiger partial charge in [-0.05, 0) is 30.5 Å². The van der Waals surface area contributed by atoms with Gasteiger partial charge in [-0.1, -0.05) is 48.0 Å². The molecule has 1 unspecified atom stereocenters. The van der Waals surface area contributed by atoms with Gasteiger partial charge in [0, 0.05) is 25.9 Å². The Bertz CT molecular complexity index is 672. The van der Waals surface area contributed by atoms with Crippen molar-refractivity contribution in [1.29, 1.82) is 0 Å². The van der Waals surface area contributed by atoms with Crippen LogP contribution in [-0.2, 0) is 21.5 Å². The number of para-hydroxylation sites is 1. The molecule has 0 aliphatic carbocycles. The molecule has 0 amide bonds. The molecule has 2 aromatic carbocycles. The quantitative estimate of drug-likeness (QED) is 0.792. The molecule has 3 rings (SSSR count). The Balaban J connectivity index is 1.90. The third kappa shape index (κ3) is 3.15. The Hall–Kier alpha value is -2.13. The molecule has 1 aliphatic rings. The first-order valence-corrected chi connectivity index (χ1v) is 8.05. The van der Waals surface area contributed by atoms with Gasteiger partial charge in [0.1, 0.15) is 6.29 Å². The minimum Gasteiger partial charge on any atom is -0.380 e. The van der Waals surface area contributed by atoms with Crippen LogP contribution in [0.15, 0.2) is 48.5 Å². The van der Waals surface area contributed by atoms with Crippen molar-refractivity contribution < 1.29 is 9.53 Å². The molecular weight excluding hydrogens is 286 g/mol. The van der Waals surface area contributed by atoms with Crippen LogP contribution >= 0.6 is 0 Å². The second kappa shape index (κ2) is 6.55. The summed E-state index contributed by atoms with van der Waals surface area (Å²) in [5.41, 5.74) is 4.20. The molecule has 0 spiro atoms. The van der Waals surface area contributed by atoms with Gasteiger partial charge in [0.2, 0.25) is 0 Å². The molecule has 0 aromatic heterocycles. The lowest BCUT2D eigenvalue weighted by Crippen LogP contribution is -2.31. The van der Waals surface area contributed by atoms with Gasteiger partial charge in [-0.2, -0.15) is 0 Å². The molecule has 1 fully saturated rings. The smallest absolute Gasteiger partial charge is 0.133 e. The Morgan fingerprint density at radius 2 is 1.91 bits per heavy atom. The first kappa shape index (κ1) is 15.8. The zero-order chi connectivity index (χ0) is 16.3. The van der Waals surface area contributed by atoms with Crippen LogP contribution in [0.5, 0.6) is 0 Å². The van der Waals surface area contributed by atoms with Crippen molar-refractivity contribution in [3.8, 4) is 0 Å². The van der Waals surface area contributed by atoms with Crippen molar-refractivity contribution in [2.45, 2.75) is 25.3 Å². The first-order valence-electron chi connectivity index (χ1n) is 8.05. The number of hydrogen-bond acceptors (Lipinski definition) is 3. The van der Waals surface area contributed by atoms with Crippen LogP contribution in [0.1, 0.15) is 23.1 Å². The van der Waals surface area contributed by atoms with E-state index in [0.29, 0.717) is 13.2 Å². The molecular formula is C20H23NO2. The highest BCUT2D eigenvalue weighted by Gasteiger charge is 2.38. The minimum atomic E-state index is -0.502. The van der Waals surface area contributed by atoms with Crippen molar-refractivity contribution in [3.05, 3.63) is 65.2 Å². The van der Waals surface area contributed by atoms with Crippen molar-refractivity contribution in [2.75, 3.05) is 25.2 Å². The Labute approximate surface area is 137 Å². The molecule has 0 saturated carbocycles. The van der Waals surface area contributed by atoms with Crippen LogP contribution in [0, 0.1) is 6.92 Å². The molecule has 1 heterocycles. The number of rotatable bonds is 5. The van der Waals surface area contributed by atoms with Gasteiger partial charge in [0.05, 0.1) is 12.0 Å². The van der Waals surface area contributed by atoms with Gasteiger partial charge >= 0.3 is 0 Å². The van der Waals surface area contributed by atoms with Crippen molar-refractivity contribution in [3.63, 3.8) is 0 Å². The van der Waals surface area contributed by atoms with Gasteiger partial charge in [-0.15, -0.1) is 0 Å². The Kier molecular flexibility index (Phi) is 4.49. The lowest BCUT2D eigenvalue weighted by Gasteiger charge is -2.29. The summed E-state index contributed by atoms with van der Waals surface area (Å²) in [5.74, 6) is 0. The van der Waals surface area contributed by atoms with Gasteiger partial charge in [-0.25, -0.2) is 0 Å². The van der Waals surface area contributed by atoms with Crippen molar-refractivity contribution in [2.24, 2.45) is 0 Å². The predicted molar refractivity (Wildman–Crippen MR) is 92.9 cm³/mol. The van der Waals surface area contributed by atoms with E-state index in [4.69, 9.17) is 4.74 Å². The lowest BCUT2D eigenvalue weighted by molar-refractivity contribution is -0.112. The minimum absolute atomic E-state index is 0.478. The highest BCUT2D eigenvalue weighted by molar-refractivity contribution is 5.75. The first-order chi connectivity index (χ1) is 11.1. The number of benzene rings is 2. The third-order valence-electron chi connectivity index (χ3n) is 4.67. The highest BCUT2D eigenvalue weighted by Crippen LogP contribution is 2.37. The summed E-state index contributed by atoms with van der Waals surface area (Å²) in [6, 6.07) is 16.8. The fraction of sp³-hybridized carbons (Fsp3) is 0.350. The van der Waals surface area contributed by atoms with E-state index < -0.39 is 5.41 Å². The van der Waals surface area contributed by atoms with E-state index in [-0.39, 0.29) is 0 Å². The van der Waals surface area contributed by atoms with E-state index in [0.717, 1.165) is 30.5 Å². The summed E-state index contributed by atoms with van der Waals surface area (Å²) >= 11 is 0. The van der Waals surface area contributed by atoms with Crippen molar-refractivity contribution in [1.82, 2.24) is 0 Å². The summed E-state index contributed by atoms with van der Waals surface area (Å²) in [7, 11) is 2.08. The van der Waals surface area contributed by atoms with Gasteiger partial charge in [0.25, 0.3) is 0 Å². The maximum atomic E-state index is 11.8. The Morgan fingerprint density at radius 1 is 1.17 bits per heavy atom. The number of hydrogen-bond donors (Lipinski definition) is 0. The molecule has 120 valence electrons. The largest absolute Gasteiger partial charge is 0.380 e. The molecule has 0 N–H and O–H groups in total. The fourth-order valence-electron chi connectivity index (χ4n) is 3.23. The van der Waals surface area contributed by atoms with Gasteiger partial charge < -0.3 is 14.4 Å². The van der Waals surface area contributed by atoms with E-state index in [1.807, 2.05) is 12.1 Å². The lowest BCUT2D eigenvalue weighted by atomic mass is 9.80. The fourth-order valence-corrected chi connectivity index (χ4v) is 3.23. The van der Waals surface area contributed by atoms with E-state index in [1.165, 1.54) is 11.1 Å². The van der Waals surface area contributed by atoms with Crippen LogP contribution in [0.2, 0.25) is 0 Å². The number of nitrogens with zero attached hydrogens (tertiary/aromatic N) is 1. The molecule has 1 saturated heterocycles. The van der Waals surface area contributed by atoms with Crippen molar-refractivity contribution >= 4 is 12.0 Å². The monoisotopic (exact) mass is 309 g/mol. The van der Waals surface area contributed by atoms with Crippen LogP contribution in [0.3, 0.4) is 0 Å². The van der Waals surface area contributed by atoms with Crippen LogP contribution < -0.4 is 4.90 Å². The zero-order valence-electron chi connectivity index (χ0n) is 13.8. The van der Waals surface area contributed by atoms with Gasteiger partial charge in [-0.3, -0.25) is 0 Å². The molecule has 2 aromatic rings. The van der Waals surface area contributed by atoms with Crippen LogP contribution in [0.4, 0.5) is 5.69 Å². The second-order valence-electron chi connectivity index (χ2n) is 6.44. The second-order valence-corrected chi connectivity index (χ2v) is 6.44. The predicted octanol–water partition coefficient (Wildman–Crippen LogP) is 3.49. The zero-order valence-corrected chi connectivity index (χ0v) is 13.8. The maximum absolute atomic E-state index is 11.8. The van der Waals surface area contributed by atoms with Crippen LogP contribution in [0.25, 0.3) is 0 Å². The Morgan fingerprint density at radius 3 is 2.57 bits per heavy atom. The molecule has 3 heteroatoms. The standard InChI is InChI=1S/C20H23NO2/c1-16-7-9-17(10-8-16)13-21(2)19-6-4-3-5-18(19)20(14-22)11-12-23-15-20/h3-10,14H,11-13,15H2,1-2H3. The summed E-state index contributed by atoms with van der Waals surface area (Å²) in [4.78, 5) is 14.0. The summed E-state index contributed by atoms with van der Waals surface area (Å²) in [6.07, 6.45) is 1.82. The molecule has 1 atom stereocenters. The number of anilines is 1. The van der Waals surface area contributed by atoms with E-state index in [1.54, 1.807) is 0 Å². The van der Waals surface area contributed by atoms with Gasteiger partial charge in [0.15, 0.2) is 0 Å². The topological polar surface area (TPSA) is 29.5 Å². The van der Waals surface area contributed by atoms with E-state index >= 15 is 0 Å². The number of ether oxygens (including phenoxy) is 1. The third-order valence-corrected chi connectivity index (χ3v) is 4.67. The van der Waals surface area contributed by atoms with Crippen LogP contribution in [-0.4, -0.2) is 26.5 Å². The molecule has 1 aliphatic heterocycles. The molecule has 0 radical (unpaired) electrons. The average molecular weight is 309 g/mol. The molecule has 3 nitrogen and oxygen atoms in total. The van der Waals surface area contributed by atoms with E-state index in [9.17, 15) is 4.79 Å². The number of carbonyl (C=O) groups excluding carboxylic acids is 1. The normalized spacial score (nSPS) is 20.4. The average Bonchev–Trinajstić information content (AvgIpc) is 3.07. The summed E-state index contributed by atoms with van der Waals surface area (Å²) in [6.45, 7) is 4.03. The number of carbonyl (C=O) groups is 1. The SMILES string of the molecule is Cc1ccc(CN(C)c2ccccc2C2(C=O)CCOC2)cc1. The molecule has 0 bridgehead atoms. The highest BCUT2D eigenvalue weighted by atomic mass is 16.5.